The summed E-state index contributed by atoms with van der Waals surface area (Å²) in [6, 6.07) is 8.95. The highest BCUT2D eigenvalue weighted by molar-refractivity contribution is 6.20. The second-order valence-corrected chi connectivity index (χ2v) is 7.26. The Kier molecular flexibility index (Phi) is 4.01. The molecule has 1 aromatic heterocycles. The van der Waals surface area contributed by atoms with E-state index in [4.69, 9.17) is 0 Å². The summed E-state index contributed by atoms with van der Waals surface area (Å²) in [5.74, 6) is -0.844. The summed E-state index contributed by atoms with van der Waals surface area (Å²) in [4.78, 5) is 21.5. The van der Waals surface area contributed by atoms with E-state index in [1.807, 2.05) is 0 Å². The van der Waals surface area contributed by atoms with Crippen LogP contribution in [0.3, 0.4) is 0 Å². The zero-order chi connectivity index (χ0) is 20.1. The first-order valence-electron chi connectivity index (χ1n) is 9.27. The molecule has 2 atom stereocenters. The number of ketones is 1. The highest BCUT2D eigenvalue weighted by Crippen LogP contribution is 2.42. The van der Waals surface area contributed by atoms with Crippen molar-refractivity contribution >= 4 is 17.2 Å². The zero-order valence-electron chi connectivity index (χ0n) is 15.6. The molecule has 2 aliphatic heterocycles. The van der Waals surface area contributed by atoms with Gasteiger partial charge >= 0.3 is 0 Å². The van der Waals surface area contributed by atoms with Crippen LogP contribution in [-0.2, 0) is 7.05 Å². The third kappa shape index (κ3) is 2.83. The predicted molar refractivity (Wildman–Crippen MR) is 104 cm³/mol. The summed E-state index contributed by atoms with van der Waals surface area (Å²) in [5, 5.41) is 7.48. The smallest absolute Gasteiger partial charge is 0.185 e. The highest BCUT2D eigenvalue weighted by Gasteiger charge is 2.40. The van der Waals surface area contributed by atoms with Gasteiger partial charge < -0.3 is 5.32 Å². The van der Waals surface area contributed by atoms with Crippen LogP contribution in [0.2, 0.25) is 0 Å². The maximum atomic E-state index is 14.2. The van der Waals surface area contributed by atoms with Gasteiger partial charge in [0.15, 0.2) is 5.78 Å². The van der Waals surface area contributed by atoms with Gasteiger partial charge in [-0.1, -0.05) is 12.1 Å². The predicted octanol–water partition coefficient (Wildman–Crippen LogP) is 3.07. The van der Waals surface area contributed by atoms with Crippen LogP contribution in [0.25, 0.3) is 0 Å². The number of Topliss-reactive ketones (excluding diaryl/α,β-unsaturated/α-hetero) is 1. The lowest BCUT2D eigenvalue weighted by molar-refractivity contribution is 0.0999. The number of aromatic nitrogens is 3. The van der Waals surface area contributed by atoms with E-state index in [1.54, 1.807) is 23.9 Å². The van der Waals surface area contributed by atoms with Crippen molar-refractivity contribution < 1.29 is 13.6 Å². The lowest BCUT2D eigenvalue weighted by atomic mass is 9.78. The topological polar surface area (TPSA) is 72.2 Å². The number of hydrogen-bond donors (Lipinski definition) is 1. The molecular weight excluding hydrogens is 376 g/mol. The fourth-order valence-corrected chi connectivity index (χ4v) is 4.25. The number of halogens is 2. The molecule has 0 saturated heterocycles. The SMILES string of the molecule is Cn1ncnc1C1C2=NCC(=O)c3cc(F)cc(c32)NCC1c1ccc(F)cc1. The van der Waals surface area contributed by atoms with E-state index in [2.05, 4.69) is 20.4 Å². The minimum absolute atomic E-state index is 0.0459. The number of aliphatic imine (C=N–C) groups is 1. The lowest BCUT2D eigenvalue weighted by Crippen LogP contribution is -2.29. The lowest BCUT2D eigenvalue weighted by Gasteiger charge is -2.27. The minimum Gasteiger partial charge on any atom is -0.384 e. The van der Waals surface area contributed by atoms with E-state index < -0.39 is 5.82 Å². The second kappa shape index (κ2) is 6.58. The molecule has 0 saturated carbocycles. The van der Waals surface area contributed by atoms with E-state index in [-0.39, 0.29) is 30.0 Å². The molecule has 0 fully saturated rings. The molecule has 0 aliphatic carbocycles. The molecule has 0 radical (unpaired) electrons. The quantitative estimate of drug-likeness (QED) is 0.726. The first-order chi connectivity index (χ1) is 14.0. The van der Waals surface area contributed by atoms with Crippen molar-refractivity contribution in [2.24, 2.45) is 12.0 Å². The van der Waals surface area contributed by atoms with Gasteiger partial charge in [0, 0.05) is 36.3 Å². The Morgan fingerprint density at radius 3 is 2.66 bits per heavy atom. The molecule has 3 heterocycles. The summed E-state index contributed by atoms with van der Waals surface area (Å²) < 4.78 is 29.4. The maximum absolute atomic E-state index is 14.2. The van der Waals surface area contributed by atoms with Crippen molar-refractivity contribution in [1.82, 2.24) is 14.8 Å². The molecule has 6 nitrogen and oxygen atoms in total. The molecular formula is C21H17F2N5O. The molecule has 146 valence electrons. The van der Waals surface area contributed by atoms with Crippen LogP contribution in [0, 0.1) is 11.6 Å². The van der Waals surface area contributed by atoms with Crippen LogP contribution in [0.1, 0.15) is 39.1 Å². The number of aryl methyl sites for hydroxylation is 1. The Bertz CT molecular complexity index is 1150. The van der Waals surface area contributed by atoms with Crippen LogP contribution in [0.5, 0.6) is 0 Å². The van der Waals surface area contributed by atoms with Crippen LogP contribution in [0.4, 0.5) is 14.5 Å². The van der Waals surface area contributed by atoms with Crippen LogP contribution >= 0.6 is 0 Å². The summed E-state index contributed by atoms with van der Waals surface area (Å²) in [7, 11) is 1.80. The normalized spacial score (nSPS) is 20.5. The Hall–Kier alpha value is -3.42. The standard InChI is InChI=1S/C21H17F2N5O/c1-28-21(26-10-27-28)19-15(11-2-4-12(22)5-3-11)8-24-16-7-13(23)6-14-17(29)9-25-20(19)18(14)16/h2-7,10,15,19,24H,8-9H2,1H3. The van der Waals surface area contributed by atoms with Crippen molar-refractivity contribution in [3.63, 3.8) is 0 Å². The maximum Gasteiger partial charge on any atom is 0.185 e. The van der Waals surface area contributed by atoms with Crippen molar-refractivity contribution in [2.75, 3.05) is 18.4 Å². The molecule has 29 heavy (non-hydrogen) atoms. The molecule has 2 aliphatic rings. The monoisotopic (exact) mass is 393 g/mol. The van der Waals surface area contributed by atoms with Gasteiger partial charge in [-0.2, -0.15) is 5.10 Å². The molecule has 0 spiro atoms. The Morgan fingerprint density at radius 1 is 1.14 bits per heavy atom. The zero-order valence-corrected chi connectivity index (χ0v) is 15.6. The summed E-state index contributed by atoms with van der Waals surface area (Å²) in [6.07, 6.45) is 1.47. The molecule has 1 N–H and O–H groups in total. The Balaban J connectivity index is 1.75. The van der Waals surface area contributed by atoms with E-state index in [9.17, 15) is 13.6 Å². The number of hydrogen-bond acceptors (Lipinski definition) is 5. The van der Waals surface area contributed by atoms with Crippen molar-refractivity contribution in [2.45, 2.75) is 11.8 Å². The van der Waals surface area contributed by atoms with Gasteiger partial charge in [0.2, 0.25) is 0 Å². The first kappa shape index (κ1) is 17.7. The summed E-state index contributed by atoms with van der Waals surface area (Å²) in [5.41, 5.74) is 3.03. The molecule has 3 aromatic rings. The fraction of sp³-hybridized carbons (Fsp3) is 0.238. The highest BCUT2D eigenvalue weighted by atomic mass is 19.1. The molecule has 8 heteroatoms. The fourth-order valence-electron chi connectivity index (χ4n) is 4.25. The number of nitrogens with zero attached hydrogens (tertiary/aromatic N) is 4. The van der Waals surface area contributed by atoms with Crippen LogP contribution < -0.4 is 5.32 Å². The Morgan fingerprint density at radius 2 is 1.93 bits per heavy atom. The van der Waals surface area contributed by atoms with Gasteiger partial charge in [-0.05, 0) is 29.8 Å². The van der Waals surface area contributed by atoms with Crippen molar-refractivity contribution in [3.8, 4) is 0 Å². The van der Waals surface area contributed by atoms with Gasteiger partial charge in [-0.3, -0.25) is 14.5 Å². The summed E-state index contributed by atoms with van der Waals surface area (Å²) in [6.45, 7) is 0.391. The first-order valence-corrected chi connectivity index (χ1v) is 9.27. The number of nitrogens with one attached hydrogen (secondary N) is 1. The average molecular weight is 393 g/mol. The molecule has 2 aromatic carbocycles. The van der Waals surface area contributed by atoms with E-state index in [0.29, 0.717) is 34.9 Å². The van der Waals surface area contributed by atoms with Gasteiger partial charge in [0.1, 0.15) is 30.3 Å². The third-order valence-electron chi connectivity index (χ3n) is 5.58. The molecule has 5 rings (SSSR count). The minimum atomic E-state index is -0.476. The average Bonchev–Trinajstić information content (AvgIpc) is 3.05. The van der Waals surface area contributed by atoms with Crippen LogP contribution in [0.15, 0.2) is 47.7 Å². The third-order valence-corrected chi connectivity index (χ3v) is 5.58. The van der Waals surface area contributed by atoms with E-state index in [1.165, 1.54) is 30.6 Å². The van der Waals surface area contributed by atoms with E-state index >= 15 is 0 Å². The van der Waals surface area contributed by atoms with Gasteiger partial charge in [-0.25, -0.2) is 13.8 Å². The Labute approximate surface area is 165 Å². The number of carbonyl (C=O) groups is 1. The molecule has 0 amide bonds. The summed E-state index contributed by atoms with van der Waals surface area (Å²) >= 11 is 0. The number of carbonyl (C=O) groups excluding carboxylic acids is 1. The number of benzene rings is 2. The van der Waals surface area contributed by atoms with Crippen molar-refractivity contribution in [3.05, 3.63) is 76.9 Å². The van der Waals surface area contributed by atoms with Crippen LogP contribution in [-0.4, -0.2) is 39.3 Å². The molecule has 0 bridgehead atoms. The number of anilines is 1. The van der Waals surface area contributed by atoms with Gasteiger partial charge in [-0.15, -0.1) is 0 Å². The largest absolute Gasteiger partial charge is 0.384 e. The second-order valence-electron chi connectivity index (χ2n) is 7.26. The molecule has 2 unspecified atom stereocenters. The van der Waals surface area contributed by atoms with Crippen molar-refractivity contribution in [1.29, 1.82) is 0 Å². The van der Waals surface area contributed by atoms with Gasteiger partial charge in [0.25, 0.3) is 0 Å². The number of rotatable bonds is 2. The van der Waals surface area contributed by atoms with E-state index in [0.717, 1.165) is 5.56 Å². The van der Waals surface area contributed by atoms with Gasteiger partial charge in [0.05, 0.1) is 11.6 Å².